The Morgan fingerprint density at radius 1 is 1.45 bits per heavy atom. The maximum atomic E-state index is 11.7. The summed E-state index contributed by atoms with van der Waals surface area (Å²) >= 11 is 0. The van der Waals surface area contributed by atoms with Crippen LogP contribution in [0.5, 0.6) is 11.5 Å². The van der Waals surface area contributed by atoms with Gasteiger partial charge in [-0.15, -0.1) is 0 Å². The van der Waals surface area contributed by atoms with Crippen molar-refractivity contribution in [2.45, 2.75) is 6.92 Å². The molecule has 1 aromatic heterocycles. The molecule has 0 radical (unpaired) electrons. The number of carbonyl (C=O) groups excluding carboxylic acids is 1. The van der Waals surface area contributed by atoms with Crippen LogP contribution < -0.4 is 15.2 Å². The molecule has 20 heavy (non-hydrogen) atoms. The van der Waals surface area contributed by atoms with E-state index < -0.39 is 5.97 Å². The van der Waals surface area contributed by atoms with Crippen molar-refractivity contribution in [1.29, 1.82) is 0 Å². The molecule has 1 aromatic carbocycles. The largest absolute Gasteiger partial charge is 0.462 e. The highest BCUT2D eigenvalue weighted by atomic mass is 16.7. The number of benzene rings is 1. The van der Waals surface area contributed by atoms with E-state index in [2.05, 4.69) is 5.10 Å². The maximum absolute atomic E-state index is 11.7. The summed E-state index contributed by atoms with van der Waals surface area (Å²) in [5.41, 5.74) is 6.86. The summed E-state index contributed by atoms with van der Waals surface area (Å²) in [5, 5.41) is 4.11. The summed E-state index contributed by atoms with van der Waals surface area (Å²) in [7, 11) is 0. The minimum Gasteiger partial charge on any atom is -0.462 e. The fourth-order valence-corrected chi connectivity index (χ4v) is 1.95. The van der Waals surface area contributed by atoms with Gasteiger partial charge in [0, 0.05) is 6.07 Å². The second kappa shape index (κ2) is 4.76. The number of carbonyl (C=O) groups is 1. The lowest BCUT2D eigenvalue weighted by molar-refractivity contribution is 0.0527. The van der Waals surface area contributed by atoms with E-state index in [1.165, 1.54) is 10.9 Å². The maximum Gasteiger partial charge on any atom is 0.343 e. The topological polar surface area (TPSA) is 88.6 Å². The Bertz CT molecular complexity index is 666. The molecule has 0 amide bonds. The van der Waals surface area contributed by atoms with E-state index in [9.17, 15) is 4.79 Å². The van der Waals surface area contributed by atoms with Crippen LogP contribution in [0, 0.1) is 0 Å². The van der Waals surface area contributed by atoms with E-state index in [0.29, 0.717) is 17.2 Å². The first-order chi connectivity index (χ1) is 9.70. The van der Waals surface area contributed by atoms with Gasteiger partial charge in [0.15, 0.2) is 11.5 Å². The molecule has 0 spiro atoms. The molecule has 2 heterocycles. The second-order valence-corrected chi connectivity index (χ2v) is 4.11. The summed E-state index contributed by atoms with van der Waals surface area (Å²) < 4.78 is 16.9. The summed E-state index contributed by atoms with van der Waals surface area (Å²) in [5.74, 6) is 1.03. The van der Waals surface area contributed by atoms with Gasteiger partial charge in [-0.2, -0.15) is 5.10 Å². The number of nitrogens with two attached hydrogens (primary N) is 1. The van der Waals surface area contributed by atoms with Gasteiger partial charge in [0.2, 0.25) is 6.79 Å². The third-order valence-electron chi connectivity index (χ3n) is 2.90. The molecule has 2 N–H and O–H groups in total. The first-order valence-corrected chi connectivity index (χ1v) is 6.11. The molecule has 0 aliphatic carbocycles. The highest BCUT2D eigenvalue weighted by Gasteiger charge is 2.19. The van der Waals surface area contributed by atoms with E-state index in [1.807, 2.05) is 0 Å². The number of nitrogens with zero attached hydrogens (tertiary/aromatic N) is 2. The zero-order chi connectivity index (χ0) is 14.1. The number of rotatable bonds is 3. The van der Waals surface area contributed by atoms with Crippen LogP contribution in [0.2, 0.25) is 0 Å². The van der Waals surface area contributed by atoms with Gasteiger partial charge < -0.3 is 19.9 Å². The predicted octanol–water partition coefficient (Wildman–Crippen LogP) is 1.36. The second-order valence-electron chi connectivity index (χ2n) is 4.11. The number of aromatic nitrogens is 2. The average Bonchev–Trinajstić information content (AvgIpc) is 3.04. The van der Waals surface area contributed by atoms with Crippen LogP contribution in [0.1, 0.15) is 17.3 Å². The third kappa shape index (κ3) is 1.93. The lowest BCUT2D eigenvalue weighted by Crippen LogP contribution is -2.08. The Balaban J connectivity index is 1.97. The van der Waals surface area contributed by atoms with Crippen LogP contribution in [0.4, 0.5) is 5.82 Å². The van der Waals surface area contributed by atoms with E-state index >= 15 is 0 Å². The van der Waals surface area contributed by atoms with Gasteiger partial charge in [-0.1, -0.05) is 0 Å². The molecule has 1 aliphatic rings. The van der Waals surface area contributed by atoms with Crippen LogP contribution in [-0.4, -0.2) is 29.1 Å². The molecule has 1 aliphatic heterocycles. The Morgan fingerprint density at radius 2 is 2.25 bits per heavy atom. The third-order valence-corrected chi connectivity index (χ3v) is 2.90. The lowest BCUT2D eigenvalue weighted by atomic mass is 10.2. The monoisotopic (exact) mass is 275 g/mol. The number of anilines is 1. The van der Waals surface area contributed by atoms with E-state index in [-0.39, 0.29) is 24.8 Å². The van der Waals surface area contributed by atoms with Crippen LogP contribution >= 0.6 is 0 Å². The molecule has 0 saturated heterocycles. The van der Waals surface area contributed by atoms with Crippen molar-refractivity contribution in [2.75, 3.05) is 19.1 Å². The van der Waals surface area contributed by atoms with Gasteiger partial charge in [0.25, 0.3) is 0 Å². The minimum atomic E-state index is -0.489. The van der Waals surface area contributed by atoms with Gasteiger partial charge in [0.05, 0.1) is 18.5 Å². The van der Waals surface area contributed by atoms with E-state index in [1.54, 1.807) is 25.1 Å². The number of hydrogen-bond acceptors (Lipinski definition) is 6. The Hall–Kier alpha value is -2.70. The summed E-state index contributed by atoms with van der Waals surface area (Å²) in [6.45, 7) is 2.21. The molecule has 7 heteroatoms. The van der Waals surface area contributed by atoms with Gasteiger partial charge in [-0.3, -0.25) is 0 Å². The molecular formula is C13H13N3O4. The Morgan fingerprint density at radius 3 is 3.05 bits per heavy atom. The SMILES string of the molecule is CCOC(=O)c1cnn(-c2ccc3c(c2)OCO3)c1N. The fraction of sp³-hybridized carbons (Fsp3) is 0.231. The quantitative estimate of drug-likeness (QED) is 0.851. The zero-order valence-corrected chi connectivity index (χ0v) is 10.8. The molecular weight excluding hydrogens is 262 g/mol. The summed E-state index contributed by atoms with van der Waals surface area (Å²) in [6.07, 6.45) is 1.39. The number of ether oxygens (including phenoxy) is 3. The van der Waals surface area contributed by atoms with Crippen molar-refractivity contribution in [3.05, 3.63) is 30.0 Å². The molecule has 0 bridgehead atoms. The van der Waals surface area contributed by atoms with Crippen LogP contribution in [-0.2, 0) is 4.74 Å². The van der Waals surface area contributed by atoms with Crippen molar-refractivity contribution in [3.63, 3.8) is 0 Å². The Kier molecular flexibility index (Phi) is 2.94. The van der Waals surface area contributed by atoms with Gasteiger partial charge in [-0.05, 0) is 19.1 Å². The molecule has 0 unspecified atom stereocenters. The van der Waals surface area contributed by atoms with Crippen molar-refractivity contribution in [2.24, 2.45) is 0 Å². The lowest BCUT2D eigenvalue weighted by Gasteiger charge is -2.06. The van der Waals surface area contributed by atoms with E-state index in [0.717, 1.165) is 0 Å². The van der Waals surface area contributed by atoms with Crippen molar-refractivity contribution in [1.82, 2.24) is 9.78 Å². The number of nitrogen functional groups attached to an aromatic ring is 1. The van der Waals surface area contributed by atoms with E-state index in [4.69, 9.17) is 19.9 Å². The minimum absolute atomic E-state index is 0.196. The fourth-order valence-electron chi connectivity index (χ4n) is 1.95. The van der Waals surface area contributed by atoms with Crippen LogP contribution in [0.3, 0.4) is 0 Å². The summed E-state index contributed by atoms with van der Waals surface area (Å²) in [4.78, 5) is 11.7. The smallest absolute Gasteiger partial charge is 0.343 e. The zero-order valence-electron chi connectivity index (χ0n) is 10.8. The highest BCUT2D eigenvalue weighted by Crippen LogP contribution is 2.34. The normalized spacial score (nSPS) is 12.4. The molecule has 2 aromatic rings. The molecule has 0 atom stereocenters. The first kappa shape index (κ1) is 12.3. The van der Waals surface area contributed by atoms with Crippen molar-refractivity contribution < 1.29 is 19.0 Å². The number of esters is 1. The Labute approximate surface area is 114 Å². The molecule has 3 rings (SSSR count). The van der Waals surface area contributed by atoms with Gasteiger partial charge in [0.1, 0.15) is 11.4 Å². The number of hydrogen-bond donors (Lipinski definition) is 1. The number of fused-ring (bicyclic) bond motifs is 1. The van der Waals surface area contributed by atoms with Gasteiger partial charge in [-0.25, -0.2) is 9.48 Å². The molecule has 0 fully saturated rings. The molecule has 0 saturated carbocycles. The molecule has 104 valence electrons. The predicted molar refractivity (Wildman–Crippen MR) is 70.1 cm³/mol. The average molecular weight is 275 g/mol. The summed E-state index contributed by atoms with van der Waals surface area (Å²) in [6, 6.07) is 5.30. The van der Waals surface area contributed by atoms with Crippen LogP contribution in [0.15, 0.2) is 24.4 Å². The van der Waals surface area contributed by atoms with Crippen molar-refractivity contribution in [3.8, 4) is 17.2 Å². The first-order valence-electron chi connectivity index (χ1n) is 6.11. The molecule has 7 nitrogen and oxygen atoms in total. The van der Waals surface area contributed by atoms with Gasteiger partial charge >= 0.3 is 5.97 Å². The highest BCUT2D eigenvalue weighted by molar-refractivity contribution is 5.94. The standard InChI is InChI=1S/C13H13N3O4/c1-2-18-13(17)9-6-15-16(12(9)14)8-3-4-10-11(5-8)20-7-19-10/h3-6H,2,7,14H2,1H3. The van der Waals surface area contributed by atoms with Crippen LogP contribution in [0.25, 0.3) is 5.69 Å². The van der Waals surface area contributed by atoms with Crippen molar-refractivity contribution >= 4 is 11.8 Å².